The van der Waals surface area contributed by atoms with Crippen LogP contribution in [-0.4, -0.2) is 71.9 Å². The lowest BCUT2D eigenvalue weighted by Crippen LogP contribution is -2.55. The molecule has 0 aromatic carbocycles. The summed E-state index contributed by atoms with van der Waals surface area (Å²) in [7, 11) is 0. The monoisotopic (exact) mass is 301 g/mol. The number of hydrogen-bond acceptors (Lipinski definition) is 4. The summed E-state index contributed by atoms with van der Waals surface area (Å²) >= 11 is 0. The molecule has 120 valence electrons. The number of aliphatic imine (C=N–C) groups is 1. The summed E-state index contributed by atoms with van der Waals surface area (Å²) < 4.78 is 5.38. The number of nitrogens with zero attached hydrogens (tertiary/aromatic N) is 2. The quantitative estimate of drug-likeness (QED) is 0.438. The predicted molar refractivity (Wildman–Crippen MR) is 77.4 cm³/mol. The van der Waals surface area contributed by atoms with Gasteiger partial charge in [-0.1, -0.05) is 19.8 Å². The number of carbonyl (C=O) groups is 2. The maximum Gasteiger partial charge on any atom is 0.359 e. The smallest absolute Gasteiger partial charge is 0.359 e. The maximum atomic E-state index is 11.2. The number of amidine groups is 1. The van der Waals surface area contributed by atoms with E-state index in [4.69, 9.17) is 14.9 Å². The average molecular weight is 301 g/mol. The normalized spacial score (nSPS) is 21.3. The predicted octanol–water partition coefficient (Wildman–Crippen LogP) is 0.981. The first-order valence-corrected chi connectivity index (χ1v) is 7.41. The Hall–Kier alpha value is -1.47. The number of rotatable bonds is 11. The second-order valence-electron chi connectivity index (χ2n) is 5.35. The van der Waals surface area contributed by atoms with Gasteiger partial charge in [-0.2, -0.15) is 0 Å². The number of quaternary nitrogens is 1. The van der Waals surface area contributed by atoms with Crippen molar-refractivity contribution in [2.75, 3.05) is 39.4 Å². The highest BCUT2D eigenvalue weighted by Crippen LogP contribution is 2.19. The minimum absolute atomic E-state index is 0.0125. The van der Waals surface area contributed by atoms with Crippen molar-refractivity contribution in [3.63, 3.8) is 0 Å². The van der Waals surface area contributed by atoms with Gasteiger partial charge < -0.3 is 14.9 Å². The molecule has 1 atom stereocenters. The van der Waals surface area contributed by atoms with Gasteiger partial charge in [-0.05, 0) is 6.42 Å². The van der Waals surface area contributed by atoms with Crippen LogP contribution in [0.2, 0.25) is 0 Å². The Morgan fingerprint density at radius 3 is 2.67 bits per heavy atom. The summed E-state index contributed by atoms with van der Waals surface area (Å²) in [5, 5.41) is 17.7. The number of hydrogen-bond donors (Lipinski definition) is 2. The highest BCUT2D eigenvalue weighted by Gasteiger charge is 2.39. The highest BCUT2D eigenvalue weighted by molar-refractivity contribution is 5.80. The lowest BCUT2D eigenvalue weighted by Gasteiger charge is -2.33. The van der Waals surface area contributed by atoms with Crippen molar-refractivity contribution in [2.45, 2.75) is 32.6 Å². The standard InChI is InChI=1S/C14H24N2O5/c1-2-3-4-5-12-15-6-7-16(12,10-13(17)18)8-9-21-11-14(19)20/h2-11H2,1H3,(H-,17,18,19,20)/p+1. The van der Waals surface area contributed by atoms with Crippen LogP contribution in [0.25, 0.3) is 0 Å². The van der Waals surface area contributed by atoms with Gasteiger partial charge in [-0.15, -0.1) is 0 Å². The van der Waals surface area contributed by atoms with Crippen molar-refractivity contribution < 1.29 is 29.0 Å². The summed E-state index contributed by atoms with van der Waals surface area (Å²) in [5.41, 5.74) is 0. The Bertz CT molecular complexity index is 397. The summed E-state index contributed by atoms with van der Waals surface area (Å²) in [6.45, 7) is 3.74. The Balaban J connectivity index is 2.61. The van der Waals surface area contributed by atoms with E-state index in [1.807, 2.05) is 0 Å². The Labute approximate surface area is 124 Å². The Kier molecular flexibility index (Phi) is 7.31. The van der Waals surface area contributed by atoms with Crippen LogP contribution in [0.5, 0.6) is 0 Å². The summed E-state index contributed by atoms with van der Waals surface area (Å²) in [6, 6.07) is 0. The van der Waals surface area contributed by atoms with Gasteiger partial charge >= 0.3 is 11.9 Å². The molecule has 0 saturated heterocycles. The molecule has 0 fully saturated rings. The van der Waals surface area contributed by atoms with Crippen LogP contribution >= 0.6 is 0 Å². The summed E-state index contributed by atoms with van der Waals surface area (Å²) in [5.74, 6) is -0.957. The number of unbranched alkanes of at least 4 members (excludes halogenated alkanes) is 2. The Morgan fingerprint density at radius 1 is 1.29 bits per heavy atom. The minimum Gasteiger partial charge on any atom is -0.480 e. The third kappa shape index (κ3) is 5.81. The highest BCUT2D eigenvalue weighted by atomic mass is 16.5. The molecule has 21 heavy (non-hydrogen) atoms. The van der Waals surface area contributed by atoms with E-state index >= 15 is 0 Å². The molecule has 0 aliphatic carbocycles. The average Bonchev–Trinajstić information content (AvgIpc) is 2.77. The van der Waals surface area contributed by atoms with Gasteiger partial charge in [0.2, 0.25) is 0 Å². The van der Waals surface area contributed by atoms with E-state index in [9.17, 15) is 9.59 Å². The van der Waals surface area contributed by atoms with Gasteiger partial charge in [0.05, 0.1) is 13.2 Å². The van der Waals surface area contributed by atoms with E-state index in [1.54, 1.807) is 0 Å². The van der Waals surface area contributed by atoms with Gasteiger partial charge in [0.25, 0.3) is 0 Å². The summed E-state index contributed by atoms with van der Waals surface area (Å²) in [4.78, 5) is 26.1. The van der Waals surface area contributed by atoms with Crippen LogP contribution in [0.4, 0.5) is 0 Å². The SMILES string of the molecule is CCCCCC1=NCC[N+]1(CCOCC(=O)O)CC(=O)O. The molecule has 0 saturated carbocycles. The molecule has 0 radical (unpaired) electrons. The van der Waals surface area contributed by atoms with Gasteiger partial charge in [0, 0.05) is 6.42 Å². The summed E-state index contributed by atoms with van der Waals surface area (Å²) in [6.07, 6.45) is 4.01. The molecule has 0 spiro atoms. The van der Waals surface area contributed by atoms with Crippen molar-refractivity contribution in [3.05, 3.63) is 0 Å². The molecule has 0 amide bonds. The maximum absolute atomic E-state index is 11.2. The zero-order valence-corrected chi connectivity index (χ0v) is 12.6. The first-order valence-electron chi connectivity index (χ1n) is 7.41. The molecule has 1 heterocycles. The van der Waals surface area contributed by atoms with E-state index in [2.05, 4.69) is 11.9 Å². The topological polar surface area (TPSA) is 96.2 Å². The van der Waals surface area contributed by atoms with Crippen LogP contribution in [0.3, 0.4) is 0 Å². The molecule has 2 N–H and O–H groups in total. The molecular weight excluding hydrogens is 276 g/mol. The van der Waals surface area contributed by atoms with Gasteiger partial charge in [-0.3, -0.25) is 4.48 Å². The first kappa shape index (κ1) is 17.6. The van der Waals surface area contributed by atoms with E-state index in [1.165, 1.54) is 0 Å². The fourth-order valence-electron chi connectivity index (χ4n) is 2.65. The molecule has 1 rings (SSSR count). The molecule has 0 bridgehead atoms. The molecule has 7 nitrogen and oxygen atoms in total. The number of carboxylic acids is 2. The molecule has 1 aliphatic rings. The van der Waals surface area contributed by atoms with Crippen LogP contribution in [0.1, 0.15) is 32.6 Å². The van der Waals surface area contributed by atoms with E-state index in [-0.39, 0.29) is 19.8 Å². The number of aliphatic carboxylic acids is 2. The van der Waals surface area contributed by atoms with Gasteiger partial charge in [0.15, 0.2) is 12.4 Å². The molecular formula is C14H25N2O5+. The van der Waals surface area contributed by atoms with Gasteiger partial charge in [-0.25, -0.2) is 14.6 Å². The number of ether oxygens (including phenoxy) is 1. The molecule has 7 heteroatoms. The van der Waals surface area contributed by atoms with Crippen molar-refractivity contribution in [1.29, 1.82) is 0 Å². The molecule has 1 aliphatic heterocycles. The second kappa shape index (κ2) is 8.74. The minimum atomic E-state index is -1.02. The fourth-order valence-corrected chi connectivity index (χ4v) is 2.65. The van der Waals surface area contributed by atoms with E-state index in [0.29, 0.717) is 24.1 Å². The Morgan fingerprint density at radius 2 is 2.05 bits per heavy atom. The molecule has 0 aromatic heterocycles. The van der Waals surface area contributed by atoms with Crippen molar-refractivity contribution in [3.8, 4) is 0 Å². The largest absolute Gasteiger partial charge is 0.480 e. The lowest BCUT2D eigenvalue weighted by atomic mass is 10.1. The van der Waals surface area contributed by atoms with E-state index in [0.717, 1.165) is 31.5 Å². The van der Waals surface area contributed by atoms with Crippen molar-refractivity contribution in [2.24, 2.45) is 4.99 Å². The second-order valence-corrected chi connectivity index (χ2v) is 5.35. The molecule has 1 unspecified atom stereocenters. The number of carboxylic acid groups (broad SMARTS) is 2. The van der Waals surface area contributed by atoms with Crippen molar-refractivity contribution >= 4 is 17.8 Å². The van der Waals surface area contributed by atoms with Crippen LogP contribution in [-0.2, 0) is 14.3 Å². The zero-order chi connectivity index (χ0) is 15.7. The lowest BCUT2D eigenvalue weighted by molar-refractivity contribution is -0.829. The van der Waals surface area contributed by atoms with Crippen LogP contribution in [0, 0.1) is 0 Å². The van der Waals surface area contributed by atoms with E-state index < -0.39 is 11.9 Å². The van der Waals surface area contributed by atoms with Gasteiger partial charge in [0.1, 0.15) is 19.7 Å². The zero-order valence-electron chi connectivity index (χ0n) is 12.6. The fraction of sp³-hybridized carbons (Fsp3) is 0.786. The first-order chi connectivity index (χ1) is 10.00. The third-order valence-electron chi connectivity index (χ3n) is 3.70. The third-order valence-corrected chi connectivity index (χ3v) is 3.70. The van der Waals surface area contributed by atoms with Crippen LogP contribution < -0.4 is 0 Å². The van der Waals surface area contributed by atoms with Crippen LogP contribution in [0.15, 0.2) is 4.99 Å². The van der Waals surface area contributed by atoms with Crippen molar-refractivity contribution in [1.82, 2.24) is 0 Å². The molecule has 0 aromatic rings.